The Bertz CT molecular complexity index is 604. The highest BCUT2D eigenvalue weighted by molar-refractivity contribution is 7.88. The van der Waals surface area contributed by atoms with Gasteiger partial charge in [0.1, 0.15) is 0 Å². The number of nitrogens with one attached hydrogen (secondary N) is 1. The van der Waals surface area contributed by atoms with Gasteiger partial charge in [0.25, 0.3) is 0 Å². The van der Waals surface area contributed by atoms with Crippen LogP contribution in [0.3, 0.4) is 0 Å². The van der Waals surface area contributed by atoms with Crippen LogP contribution in [0.4, 0.5) is 0 Å². The highest BCUT2D eigenvalue weighted by Crippen LogP contribution is 2.25. The van der Waals surface area contributed by atoms with Crippen molar-refractivity contribution >= 4 is 10.0 Å². The third kappa shape index (κ3) is 4.44. The van der Waals surface area contributed by atoms with Crippen molar-refractivity contribution in [1.82, 2.24) is 19.4 Å². The third-order valence-corrected chi connectivity index (χ3v) is 4.90. The molecule has 22 heavy (non-hydrogen) atoms. The van der Waals surface area contributed by atoms with E-state index in [0.717, 1.165) is 49.6 Å². The number of aromatic nitrogens is 2. The molecule has 0 spiro atoms. The van der Waals surface area contributed by atoms with Gasteiger partial charge < -0.3 is 4.74 Å². The number of hydrogen-bond donors (Lipinski definition) is 1. The topological polar surface area (TPSA) is 76.5 Å². The molecule has 0 unspecified atom stereocenters. The number of hydrogen-bond acceptors (Lipinski definition) is 5. The van der Waals surface area contributed by atoms with Crippen molar-refractivity contribution in [1.29, 1.82) is 0 Å². The summed E-state index contributed by atoms with van der Waals surface area (Å²) in [6, 6.07) is 0. The fourth-order valence-electron chi connectivity index (χ4n) is 2.96. The number of ether oxygens (including phenoxy) is 1. The molecule has 8 heteroatoms. The van der Waals surface area contributed by atoms with E-state index in [2.05, 4.69) is 14.7 Å². The lowest BCUT2D eigenvalue weighted by molar-refractivity contribution is 0.176. The molecule has 1 saturated heterocycles. The molecule has 1 aliphatic rings. The van der Waals surface area contributed by atoms with Gasteiger partial charge in [0, 0.05) is 20.1 Å². The zero-order valence-electron chi connectivity index (χ0n) is 13.8. The van der Waals surface area contributed by atoms with E-state index in [4.69, 9.17) is 4.74 Å². The van der Waals surface area contributed by atoms with Crippen LogP contribution in [0.5, 0.6) is 5.88 Å². The van der Waals surface area contributed by atoms with Gasteiger partial charge in [0.05, 0.1) is 24.6 Å². The zero-order chi connectivity index (χ0) is 16.3. The second kappa shape index (κ2) is 6.97. The van der Waals surface area contributed by atoms with Crippen molar-refractivity contribution in [3.8, 4) is 5.88 Å². The van der Waals surface area contributed by atoms with Crippen LogP contribution < -0.4 is 9.46 Å². The van der Waals surface area contributed by atoms with Crippen molar-refractivity contribution in [2.75, 3.05) is 33.0 Å². The van der Waals surface area contributed by atoms with E-state index < -0.39 is 10.0 Å². The van der Waals surface area contributed by atoms with Gasteiger partial charge in [-0.25, -0.2) is 17.8 Å². The molecular weight excluding hydrogens is 304 g/mol. The number of piperidine rings is 1. The first-order chi connectivity index (χ1) is 10.3. The van der Waals surface area contributed by atoms with E-state index >= 15 is 0 Å². The number of aryl methyl sites for hydroxylation is 2. The Labute approximate surface area is 132 Å². The molecule has 2 heterocycles. The minimum absolute atomic E-state index is 0.419. The van der Waals surface area contributed by atoms with Gasteiger partial charge in [-0.3, -0.25) is 4.90 Å². The molecule has 7 nitrogen and oxygen atoms in total. The molecule has 2 rings (SSSR count). The highest BCUT2D eigenvalue weighted by atomic mass is 32.2. The van der Waals surface area contributed by atoms with Crippen molar-refractivity contribution in [2.45, 2.75) is 26.3 Å². The molecule has 0 aliphatic carbocycles. The maximum atomic E-state index is 11.1. The van der Waals surface area contributed by atoms with Gasteiger partial charge >= 0.3 is 0 Å². The maximum absolute atomic E-state index is 11.1. The first-order valence-electron chi connectivity index (χ1n) is 7.53. The normalized spacial score (nSPS) is 17.8. The van der Waals surface area contributed by atoms with Crippen LogP contribution in [0.15, 0.2) is 0 Å². The average Bonchev–Trinajstić information content (AvgIpc) is 2.71. The fourth-order valence-corrected chi connectivity index (χ4v) is 3.50. The first-order valence-corrected chi connectivity index (χ1v) is 9.42. The van der Waals surface area contributed by atoms with Gasteiger partial charge in [-0.2, -0.15) is 5.10 Å². The molecule has 0 bridgehead atoms. The van der Waals surface area contributed by atoms with Crippen LogP contribution in [0.25, 0.3) is 0 Å². The van der Waals surface area contributed by atoms with Gasteiger partial charge in [0.2, 0.25) is 15.9 Å². The Kier molecular flexibility index (Phi) is 5.46. The summed E-state index contributed by atoms with van der Waals surface area (Å²) in [4.78, 5) is 2.38. The Hall–Kier alpha value is -1.12. The summed E-state index contributed by atoms with van der Waals surface area (Å²) in [5.41, 5.74) is 2.14. The van der Waals surface area contributed by atoms with Crippen LogP contribution in [0.2, 0.25) is 0 Å². The quantitative estimate of drug-likeness (QED) is 0.822. The van der Waals surface area contributed by atoms with E-state index in [9.17, 15) is 8.42 Å². The van der Waals surface area contributed by atoms with E-state index in [1.54, 1.807) is 11.8 Å². The van der Waals surface area contributed by atoms with Gasteiger partial charge in [0.15, 0.2) is 0 Å². The second-order valence-electron chi connectivity index (χ2n) is 6.04. The van der Waals surface area contributed by atoms with Crippen molar-refractivity contribution in [2.24, 2.45) is 13.0 Å². The highest BCUT2D eigenvalue weighted by Gasteiger charge is 2.23. The lowest BCUT2D eigenvalue weighted by Gasteiger charge is -2.31. The Morgan fingerprint density at radius 2 is 2.00 bits per heavy atom. The molecule has 1 aromatic heterocycles. The third-order valence-electron chi connectivity index (χ3n) is 4.21. The number of likely N-dealkylation sites (tertiary alicyclic amines) is 1. The number of nitrogens with zero attached hydrogens (tertiary/aromatic N) is 3. The Morgan fingerprint density at radius 3 is 2.55 bits per heavy atom. The minimum atomic E-state index is -3.09. The van der Waals surface area contributed by atoms with Crippen molar-refractivity contribution in [3.05, 3.63) is 11.3 Å². The number of sulfonamides is 1. The minimum Gasteiger partial charge on any atom is -0.481 e. The van der Waals surface area contributed by atoms with E-state index in [1.807, 2.05) is 14.0 Å². The molecule has 0 radical (unpaired) electrons. The molecule has 1 N–H and O–H groups in total. The molecule has 0 amide bonds. The maximum Gasteiger partial charge on any atom is 0.216 e. The summed E-state index contributed by atoms with van der Waals surface area (Å²) >= 11 is 0. The van der Waals surface area contributed by atoms with E-state index in [-0.39, 0.29) is 0 Å². The molecule has 1 aromatic rings. The second-order valence-corrected chi connectivity index (χ2v) is 7.87. The zero-order valence-corrected chi connectivity index (χ0v) is 14.6. The summed E-state index contributed by atoms with van der Waals surface area (Å²) in [5, 5.41) is 4.41. The van der Waals surface area contributed by atoms with Crippen LogP contribution >= 0.6 is 0 Å². The van der Waals surface area contributed by atoms with Gasteiger partial charge in [-0.15, -0.1) is 0 Å². The molecule has 0 saturated carbocycles. The molecule has 0 atom stereocenters. The summed E-state index contributed by atoms with van der Waals surface area (Å²) in [7, 11) is 0.468. The van der Waals surface area contributed by atoms with E-state index in [1.165, 1.54) is 6.26 Å². The molecule has 1 aliphatic heterocycles. The standard InChI is InChI=1S/C14H26N4O3S/c1-11-13(14(21-3)17(2)16-11)10-18-7-5-12(6-8-18)9-15-22(4,19)20/h12,15H,5-10H2,1-4H3. The van der Waals surface area contributed by atoms with Crippen LogP contribution in [0, 0.1) is 12.8 Å². The summed E-state index contributed by atoms with van der Waals surface area (Å²) in [6.45, 7) is 5.30. The fraction of sp³-hybridized carbons (Fsp3) is 0.786. The molecule has 1 fully saturated rings. The van der Waals surface area contributed by atoms with Crippen LogP contribution in [-0.2, 0) is 23.6 Å². The summed E-state index contributed by atoms with van der Waals surface area (Å²) < 4.78 is 32.1. The lowest BCUT2D eigenvalue weighted by atomic mass is 9.97. The summed E-state index contributed by atoms with van der Waals surface area (Å²) in [6.07, 6.45) is 3.22. The molecular formula is C14H26N4O3S. The first kappa shape index (κ1) is 17.2. The summed E-state index contributed by atoms with van der Waals surface area (Å²) in [5.74, 6) is 1.24. The van der Waals surface area contributed by atoms with Crippen LogP contribution in [0.1, 0.15) is 24.1 Å². The lowest BCUT2D eigenvalue weighted by Crippen LogP contribution is -2.38. The smallest absolute Gasteiger partial charge is 0.216 e. The predicted molar refractivity (Wildman–Crippen MR) is 85.3 cm³/mol. The van der Waals surface area contributed by atoms with E-state index in [0.29, 0.717) is 12.5 Å². The van der Waals surface area contributed by atoms with Crippen molar-refractivity contribution < 1.29 is 13.2 Å². The Morgan fingerprint density at radius 1 is 1.36 bits per heavy atom. The SMILES string of the molecule is COc1c(CN2CCC(CNS(C)(=O)=O)CC2)c(C)nn1C. The van der Waals surface area contributed by atoms with Gasteiger partial charge in [-0.1, -0.05) is 0 Å². The number of rotatable bonds is 6. The largest absolute Gasteiger partial charge is 0.481 e. The monoisotopic (exact) mass is 330 g/mol. The van der Waals surface area contributed by atoms with Gasteiger partial charge in [-0.05, 0) is 38.8 Å². The van der Waals surface area contributed by atoms with Crippen molar-refractivity contribution in [3.63, 3.8) is 0 Å². The predicted octanol–water partition coefficient (Wildman–Crippen LogP) is 0.498. The molecule has 126 valence electrons. The number of methoxy groups -OCH3 is 1. The Balaban J connectivity index is 1.88. The average molecular weight is 330 g/mol. The molecule has 0 aromatic carbocycles. The van der Waals surface area contributed by atoms with Crippen LogP contribution in [-0.4, -0.2) is 56.1 Å².